The van der Waals surface area contributed by atoms with Crippen LogP contribution in [0.25, 0.3) is 0 Å². The molecule has 1 saturated heterocycles. The van der Waals surface area contributed by atoms with Gasteiger partial charge in [0.25, 0.3) is 0 Å². The summed E-state index contributed by atoms with van der Waals surface area (Å²) in [6.07, 6.45) is 2.47. The molecule has 0 spiro atoms. The van der Waals surface area contributed by atoms with Gasteiger partial charge in [-0.15, -0.1) is 0 Å². The number of piperidine rings is 1. The molecule has 0 radical (unpaired) electrons. The normalized spacial score (nSPS) is 18.5. The van der Waals surface area contributed by atoms with Crippen LogP contribution < -0.4 is 0 Å². The molecule has 2 rings (SSSR count). The molecule has 100 valence electrons. The number of benzene rings is 1. The SMILES string of the molecule is CN1CCC(N(C)Cc2ccc(Cl)cc2Cl)CC1. The first-order chi connectivity index (χ1) is 8.56. The average Bonchev–Trinajstić information content (AvgIpc) is 2.33. The Labute approximate surface area is 119 Å². The van der Waals surface area contributed by atoms with Crippen molar-refractivity contribution in [1.29, 1.82) is 0 Å². The van der Waals surface area contributed by atoms with Crippen LogP contribution in [0.4, 0.5) is 0 Å². The van der Waals surface area contributed by atoms with Crippen LogP contribution in [-0.2, 0) is 6.54 Å². The van der Waals surface area contributed by atoms with Crippen molar-refractivity contribution in [2.45, 2.75) is 25.4 Å². The van der Waals surface area contributed by atoms with Gasteiger partial charge in [-0.05, 0) is 57.7 Å². The first kappa shape index (κ1) is 14.1. The molecule has 1 aliphatic rings. The Morgan fingerprint density at radius 2 is 1.94 bits per heavy atom. The van der Waals surface area contributed by atoms with Crippen molar-refractivity contribution < 1.29 is 0 Å². The number of hydrogen-bond donors (Lipinski definition) is 0. The van der Waals surface area contributed by atoms with Crippen LogP contribution in [0.1, 0.15) is 18.4 Å². The Morgan fingerprint density at radius 3 is 2.56 bits per heavy atom. The van der Waals surface area contributed by atoms with Gasteiger partial charge in [-0.2, -0.15) is 0 Å². The molecule has 1 aliphatic heterocycles. The minimum Gasteiger partial charge on any atom is -0.306 e. The first-order valence-electron chi connectivity index (χ1n) is 6.39. The molecule has 0 unspecified atom stereocenters. The van der Waals surface area contributed by atoms with Crippen molar-refractivity contribution in [1.82, 2.24) is 9.80 Å². The fourth-order valence-electron chi connectivity index (χ4n) is 2.48. The summed E-state index contributed by atoms with van der Waals surface area (Å²) < 4.78 is 0. The Balaban J connectivity index is 1.96. The van der Waals surface area contributed by atoms with E-state index in [1.807, 2.05) is 18.2 Å². The van der Waals surface area contributed by atoms with E-state index in [2.05, 4.69) is 23.9 Å². The van der Waals surface area contributed by atoms with Crippen LogP contribution in [0.2, 0.25) is 10.0 Å². The van der Waals surface area contributed by atoms with Crippen molar-refractivity contribution >= 4 is 23.2 Å². The van der Waals surface area contributed by atoms with Gasteiger partial charge in [0.05, 0.1) is 0 Å². The van der Waals surface area contributed by atoms with Gasteiger partial charge in [0, 0.05) is 22.6 Å². The third-order valence-electron chi connectivity index (χ3n) is 3.75. The van der Waals surface area contributed by atoms with Gasteiger partial charge in [0.2, 0.25) is 0 Å². The summed E-state index contributed by atoms with van der Waals surface area (Å²) in [5.74, 6) is 0. The zero-order valence-corrected chi connectivity index (χ0v) is 12.5. The predicted octanol–water partition coefficient (Wildman–Crippen LogP) is 3.52. The third kappa shape index (κ3) is 3.61. The lowest BCUT2D eigenvalue weighted by Crippen LogP contribution is -2.41. The summed E-state index contributed by atoms with van der Waals surface area (Å²) in [5, 5.41) is 1.47. The molecule has 1 aromatic carbocycles. The standard InChI is InChI=1S/C14H20Cl2N2/c1-17-7-5-13(6-8-17)18(2)10-11-3-4-12(15)9-14(11)16/h3-4,9,13H,5-8,10H2,1-2H3. The molecule has 0 bridgehead atoms. The molecule has 18 heavy (non-hydrogen) atoms. The largest absolute Gasteiger partial charge is 0.306 e. The zero-order valence-electron chi connectivity index (χ0n) is 11.0. The van der Waals surface area contributed by atoms with E-state index >= 15 is 0 Å². The highest BCUT2D eigenvalue weighted by Gasteiger charge is 2.20. The third-order valence-corrected chi connectivity index (χ3v) is 4.33. The van der Waals surface area contributed by atoms with Crippen LogP contribution in [0, 0.1) is 0 Å². The van der Waals surface area contributed by atoms with Crippen molar-refractivity contribution in [2.24, 2.45) is 0 Å². The van der Waals surface area contributed by atoms with Gasteiger partial charge in [-0.1, -0.05) is 29.3 Å². The van der Waals surface area contributed by atoms with E-state index in [4.69, 9.17) is 23.2 Å². The van der Waals surface area contributed by atoms with Gasteiger partial charge in [-0.25, -0.2) is 0 Å². The van der Waals surface area contributed by atoms with Crippen LogP contribution in [0.5, 0.6) is 0 Å². The maximum absolute atomic E-state index is 6.22. The number of likely N-dealkylation sites (tertiary alicyclic amines) is 1. The fourth-order valence-corrected chi connectivity index (χ4v) is 2.95. The molecule has 0 saturated carbocycles. The topological polar surface area (TPSA) is 6.48 Å². The van der Waals surface area contributed by atoms with Crippen molar-refractivity contribution in [2.75, 3.05) is 27.2 Å². The van der Waals surface area contributed by atoms with Crippen LogP contribution in [0.3, 0.4) is 0 Å². The lowest BCUT2D eigenvalue weighted by Gasteiger charge is -2.35. The Kier molecular flexibility index (Phi) is 4.91. The average molecular weight is 287 g/mol. The summed E-state index contributed by atoms with van der Waals surface area (Å²) in [7, 11) is 4.37. The molecule has 0 aromatic heterocycles. The summed E-state index contributed by atoms with van der Waals surface area (Å²) in [6.45, 7) is 3.26. The van der Waals surface area contributed by atoms with Crippen molar-refractivity contribution in [3.8, 4) is 0 Å². The summed E-state index contributed by atoms with van der Waals surface area (Å²) in [6, 6.07) is 6.41. The van der Waals surface area contributed by atoms with E-state index in [1.165, 1.54) is 25.9 Å². The van der Waals surface area contributed by atoms with Crippen LogP contribution in [0.15, 0.2) is 18.2 Å². The Hall–Kier alpha value is -0.280. The van der Waals surface area contributed by atoms with Crippen molar-refractivity contribution in [3.63, 3.8) is 0 Å². The van der Waals surface area contributed by atoms with Crippen LogP contribution >= 0.6 is 23.2 Å². The van der Waals surface area contributed by atoms with E-state index in [1.54, 1.807) is 0 Å². The summed E-state index contributed by atoms with van der Waals surface area (Å²) >= 11 is 12.1. The molecule has 0 amide bonds. The molecular formula is C14H20Cl2N2. The lowest BCUT2D eigenvalue weighted by atomic mass is 10.0. The molecule has 0 aliphatic carbocycles. The van der Waals surface area contributed by atoms with Gasteiger partial charge in [0.1, 0.15) is 0 Å². The quantitative estimate of drug-likeness (QED) is 0.839. The van der Waals surface area contributed by atoms with Crippen LogP contribution in [-0.4, -0.2) is 43.0 Å². The molecule has 1 heterocycles. The summed E-state index contributed by atoms with van der Waals surface area (Å²) in [4.78, 5) is 4.79. The molecule has 0 atom stereocenters. The van der Waals surface area contributed by atoms with E-state index in [0.29, 0.717) is 11.1 Å². The minimum absolute atomic E-state index is 0.660. The van der Waals surface area contributed by atoms with Gasteiger partial charge in [-0.3, -0.25) is 4.90 Å². The number of hydrogen-bond acceptors (Lipinski definition) is 2. The molecule has 2 nitrogen and oxygen atoms in total. The van der Waals surface area contributed by atoms with Gasteiger partial charge < -0.3 is 4.90 Å². The lowest BCUT2D eigenvalue weighted by molar-refractivity contribution is 0.139. The molecule has 1 aromatic rings. The second-order valence-electron chi connectivity index (χ2n) is 5.19. The predicted molar refractivity (Wildman–Crippen MR) is 78.4 cm³/mol. The highest BCUT2D eigenvalue weighted by molar-refractivity contribution is 6.35. The fraction of sp³-hybridized carbons (Fsp3) is 0.571. The zero-order chi connectivity index (χ0) is 13.1. The first-order valence-corrected chi connectivity index (χ1v) is 7.14. The molecular weight excluding hydrogens is 267 g/mol. The summed E-state index contributed by atoms with van der Waals surface area (Å²) in [5.41, 5.74) is 1.16. The number of halogens is 2. The molecule has 1 fully saturated rings. The van der Waals surface area contributed by atoms with Gasteiger partial charge in [0.15, 0.2) is 0 Å². The van der Waals surface area contributed by atoms with E-state index < -0.39 is 0 Å². The second-order valence-corrected chi connectivity index (χ2v) is 6.03. The monoisotopic (exact) mass is 286 g/mol. The van der Waals surface area contributed by atoms with E-state index in [9.17, 15) is 0 Å². The number of nitrogens with zero attached hydrogens (tertiary/aromatic N) is 2. The van der Waals surface area contributed by atoms with E-state index in [0.717, 1.165) is 17.1 Å². The smallest absolute Gasteiger partial charge is 0.0465 e. The second kappa shape index (κ2) is 6.25. The highest BCUT2D eigenvalue weighted by Crippen LogP contribution is 2.24. The maximum Gasteiger partial charge on any atom is 0.0465 e. The highest BCUT2D eigenvalue weighted by atomic mass is 35.5. The van der Waals surface area contributed by atoms with E-state index in [-0.39, 0.29) is 0 Å². The minimum atomic E-state index is 0.660. The maximum atomic E-state index is 6.22. The molecule has 4 heteroatoms. The van der Waals surface area contributed by atoms with Crippen molar-refractivity contribution in [3.05, 3.63) is 33.8 Å². The van der Waals surface area contributed by atoms with Gasteiger partial charge >= 0.3 is 0 Å². The molecule has 0 N–H and O–H groups in total. The number of rotatable bonds is 3. The Bertz CT molecular complexity index is 401. The Morgan fingerprint density at radius 1 is 1.28 bits per heavy atom.